The first kappa shape index (κ1) is 14.3. The number of hydrogen-bond donors (Lipinski definition) is 1. The predicted octanol–water partition coefficient (Wildman–Crippen LogP) is 2.23. The van der Waals surface area contributed by atoms with Gasteiger partial charge in [0.1, 0.15) is 12.6 Å². The Labute approximate surface area is 103 Å². The van der Waals surface area contributed by atoms with Gasteiger partial charge in [0.15, 0.2) is 0 Å². The Morgan fingerprint density at radius 1 is 1.39 bits per heavy atom. The van der Waals surface area contributed by atoms with Crippen molar-refractivity contribution in [1.29, 1.82) is 5.26 Å². The van der Waals surface area contributed by atoms with Crippen molar-refractivity contribution >= 4 is 5.69 Å². The summed E-state index contributed by atoms with van der Waals surface area (Å²) in [6.07, 6.45) is -4.38. The van der Waals surface area contributed by atoms with E-state index in [2.05, 4.69) is 0 Å². The maximum Gasteiger partial charge on any atom is 0.405 e. The molecule has 0 unspecified atom stereocenters. The van der Waals surface area contributed by atoms with Crippen LogP contribution in [0.5, 0.6) is 0 Å². The lowest BCUT2D eigenvalue weighted by atomic mass is 10.1. The van der Waals surface area contributed by atoms with Crippen LogP contribution in [0.15, 0.2) is 18.2 Å². The molecule has 1 aromatic carbocycles. The van der Waals surface area contributed by atoms with Crippen LogP contribution in [-0.2, 0) is 0 Å². The minimum atomic E-state index is -4.38. The number of nitrogens with zero attached hydrogens (tertiary/aromatic N) is 2. The summed E-state index contributed by atoms with van der Waals surface area (Å²) in [5.74, 6) is 0. The van der Waals surface area contributed by atoms with E-state index >= 15 is 0 Å². The molecule has 0 saturated heterocycles. The van der Waals surface area contributed by atoms with E-state index in [0.717, 1.165) is 4.90 Å². The maximum absolute atomic E-state index is 12.5. The summed E-state index contributed by atoms with van der Waals surface area (Å²) in [4.78, 5) is 0.980. The third-order valence-electron chi connectivity index (χ3n) is 2.41. The van der Waals surface area contributed by atoms with E-state index in [0.29, 0.717) is 5.56 Å². The zero-order chi connectivity index (χ0) is 13.8. The molecule has 0 aliphatic heterocycles. The van der Waals surface area contributed by atoms with Crippen molar-refractivity contribution in [1.82, 2.24) is 0 Å². The molecule has 1 aromatic rings. The van der Waals surface area contributed by atoms with Gasteiger partial charge >= 0.3 is 6.18 Å². The minimum absolute atomic E-state index is 0.168. The number of halogens is 3. The molecular weight excluding hydrogens is 245 g/mol. The summed E-state index contributed by atoms with van der Waals surface area (Å²) in [6.45, 7) is -0.127. The normalized spacial score (nSPS) is 11.1. The van der Waals surface area contributed by atoms with E-state index in [1.165, 1.54) is 6.07 Å². The van der Waals surface area contributed by atoms with E-state index in [1.54, 1.807) is 19.1 Å². The molecular formula is C12H13F3N2O. The first-order valence-electron chi connectivity index (χ1n) is 5.31. The standard InChI is InChI=1S/C12H13F3N2O/c1-9-3-2-4-10(7-16)11(9)17(5-6-18)8-12(13,14)15/h2-4,18H,5-6,8H2,1H3. The molecule has 18 heavy (non-hydrogen) atoms. The van der Waals surface area contributed by atoms with Crippen molar-refractivity contribution in [3.63, 3.8) is 0 Å². The van der Waals surface area contributed by atoms with Gasteiger partial charge in [0.25, 0.3) is 0 Å². The highest BCUT2D eigenvalue weighted by atomic mass is 19.4. The Kier molecular flexibility index (Phi) is 4.56. The zero-order valence-corrected chi connectivity index (χ0v) is 9.83. The molecule has 0 saturated carbocycles. The monoisotopic (exact) mass is 258 g/mol. The number of anilines is 1. The van der Waals surface area contributed by atoms with Gasteiger partial charge in [0, 0.05) is 6.54 Å². The highest BCUT2D eigenvalue weighted by molar-refractivity contribution is 5.64. The molecule has 0 aliphatic carbocycles. The van der Waals surface area contributed by atoms with E-state index in [1.807, 2.05) is 6.07 Å². The van der Waals surface area contributed by atoms with Crippen LogP contribution in [0.1, 0.15) is 11.1 Å². The average Bonchev–Trinajstić information content (AvgIpc) is 2.26. The van der Waals surface area contributed by atoms with Crippen LogP contribution in [-0.4, -0.2) is 31.0 Å². The number of benzene rings is 1. The Morgan fingerprint density at radius 2 is 2.06 bits per heavy atom. The van der Waals surface area contributed by atoms with Crippen LogP contribution in [0.25, 0.3) is 0 Å². The van der Waals surface area contributed by atoms with Crippen molar-refractivity contribution in [2.24, 2.45) is 0 Å². The number of nitriles is 1. The second-order valence-electron chi connectivity index (χ2n) is 3.84. The highest BCUT2D eigenvalue weighted by Crippen LogP contribution is 2.28. The van der Waals surface area contributed by atoms with Gasteiger partial charge in [-0.05, 0) is 18.6 Å². The summed E-state index contributed by atoms with van der Waals surface area (Å²) in [5, 5.41) is 17.8. The quantitative estimate of drug-likeness (QED) is 0.900. The number of hydrogen-bond acceptors (Lipinski definition) is 3. The van der Waals surface area contributed by atoms with Crippen LogP contribution >= 0.6 is 0 Å². The summed E-state index contributed by atoms with van der Waals surface area (Å²) in [6, 6.07) is 6.58. The molecule has 0 aliphatic rings. The maximum atomic E-state index is 12.5. The number of para-hydroxylation sites is 1. The van der Waals surface area contributed by atoms with Crippen molar-refractivity contribution in [2.45, 2.75) is 13.1 Å². The molecule has 6 heteroatoms. The molecule has 0 spiro atoms. The van der Waals surface area contributed by atoms with Gasteiger partial charge < -0.3 is 10.0 Å². The summed E-state index contributed by atoms with van der Waals surface area (Å²) >= 11 is 0. The SMILES string of the molecule is Cc1cccc(C#N)c1N(CCO)CC(F)(F)F. The van der Waals surface area contributed by atoms with Gasteiger partial charge in [-0.15, -0.1) is 0 Å². The summed E-state index contributed by atoms with van der Waals surface area (Å²) < 4.78 is 37.4. The smallest absolute Gasteiger partial charge is 0.395 e. The molecule has 98 valence electrons. The van der Waals surface area contributed by atoms with Gasteiger partial charge in [-0.3, -0.25) is 0 Å². The molecule has 1 rings (SSSR count). The summed E-state index contributed by atoms with van der Waals surface area (Å²) in [7, 11) is 0. The number of rotatable bonds is 4. The van der Waals surface area contributed by atoms with Crippen molar-refractivity contribution < 1.29 is 18.3 Å². The fourth-order valence-electron chi connectivity index (χ4n) is 1.78. The fourth-order valence-corrected chi connectivity index (χ4v) is 1.78. The van der Waals surface area contributed by atoms with Crippen LogP contribution in [0, 0.1) is 18.3 Å². The topological polar surface area (TPSA) is 47.3 Å². The van der Waals surface area contributed by atoms with E-state index < -0.39 is 19.3 Å². The molecule has 0 amide bonds. The van der Waals surface area contributed by atoms with Crippen molar-refractivity contribution in [2.75, 3.05) is 24.6 Å². The lowest BCUT2D eigenvalue weighted by Gasteiger charge is -2.27. The Bertz CT molecular complexity index is 452. The lowest BCUT2D eigenvalue weighted by molar-refractivity contribution is -0.119. The third kappa shape index (κ3) is 3.64. The Balaban J connectivity index is 3.17. The molecule has 0 bridgehead atoms. The highest BCUT2D eigenvalue weighted by Gasteiger charge is 2.32. The van der Waals surface area contributed by atoms with Gasteiger partial charge in [0.2, 0.25) is 0 Å². The van der Waals surface area contributed by atoms with Crippen LogP contribution < -0.4 is 4.90 Å². The van der Waals surface area contributed by atoms with E-state index in [-0.39, 0.29) is 17.8 Å². The van der Waals surface area contributed by atoms with Crippen molar-refractivity contribution in [3.05, 3.63) is 29.3 Å². The van der Waals surface area contributed by atoms with Gasteiger partial charge in [-0.25, -0.2) is 0 Å². The van der Waals surface area contributed by atoms with E-state index in [9.17, 15) is 13.2 Å². The van der Waals surface area contributed by atoms with Crippen LogP contribution in [0.4, 0.5) is 18.9 Å². The second kappa shape index (κ2) is 5.74. The Hall–Kier alpha value is -1.74. The number of aliphatic hydroxyl groups is 1. The average molecular weight is 258 g/mol. The molecule has 1 N–H and O–H groups in total. The molecule has 0 atom stereocenters. The van der Waals surface area contributed by atoms with Crippen LogP contribution in [0.2, 0.25) is 0 Å². The first-order valence-corrected chi connectivity index (χ1v) is 5.31. The number of aryl methyl sites for hydroxylation is 1. The predicted molar refractivity (Wildman–Crippen MR) is 61.2 cm³/mol. The molecule has 0 radical (unpaired) electrons. The number of alkyl halides is 3. The number of aliphatic hydroxyl groups excluding tert-OH is 1. The first-order chi connectivity index (χ1) is 8.39. The van der Waals surface area contributed by atoms with Gasteiger partial charge in [-0.1, -0.05) is 12.1 Å². The van der Waals surface area contributed by atoms with Crippen LogP contribution in [0.3, 0.4) is 0 Å². The molecule has 0 aromatic heterocycles. The summed E-state index contributed by atoms with van der Waals surface area (Å²) in [5.41, 5.74) is 0.978. The lowest BCUT2D eigenvalue weighted by Crippen LogP contribution is -2.37. The fraction of sp³-hybridized carbons (Fsp3) is 0.417. The van der Waals surface area contributed by atoms with Crippen molar-refractivity contribution in [3.8, 4) is 6.07 Å². The molecule has 3 nitrogen and oxygen atoms in total. The minimum Gasteiger partial charge on any atom is -0.395 e. The second-order valence-corrected chi connectivity index (χ2v) is 3.84. The Morgan fingerprint density at radius 3 is 2.56 bits per heavy atom. The zero-order valence-electron chi connectivity index (χ0n) is 9.83. The van der Waals surface area contributed by atoms with Gasteiger partial charge in [-0.2, -0.15) is 18.4 Å². The largest absolute Gasteiger partial charge is 0.405 e. The molecule has 0 fully saturated rings. The van der Waals surface area contributed by atoms with Gasteiger partial charge in [0.05, 0.1) is 17.9 Å². The molecule has 0 heterocycles. The van der Waals surface area contributed by atoms with E-state index in [4.69, 9.17) is 10.4 Å². The third-order valence-corrected chi connectivity index (χ3v) is 2.41.